The summed E-state index contributed by atoms with van der Waals surface area (Å²) in [6.07, 6.45) is 1.66. The number of rotatable bonds is 6. The number of carboxylic acid groups (broad SMARTS) is 1. The summed E-state index contributed by atoms with van der Waals surface area (Å²) in [5.74, 6) is -0.905. The maximum absolute atomic E-state index is 11.8. The van der Waals surface area contributed by atoms with Gasteiger partial charge in [0, 0.05) is 12.1 Å². The first kappa shape index (κ1) is 16.7. The Kier molecular flexibility index (Phi) is 6.73. The number of carbonyl (C=O) groups is 2. The van der Waals surface area contributed by atoms with Crippen LogP contribution in [0.1, 0.15) is 53.9 Å². The Morgan fingerprint density at radius 3 is 1.94 bits per heavy atom. The van der Waals surface area contributed by atoms with Gasteiger partial charge in [0.2, 0.25) is 0 Å². The highest BCUT2D eigenvalue weighted by Crippen LogP contribution is 2.21. The lowest BCUT2D eigenvalue weighted by Gasteiger charge is -2.31. The van der Waals surface area contributed by atoms with E-state index in [2.05, 4.69) is 10.6 Å². The summed E-state index contributed by atoms with van der Waals surface area (Å²) in [4.78, 5) is 22.6. The molecule has 0 saturated heterocycles. The molecule has 0 aliphatic carbocycles. The van der Waals surface area contributed by atoms with Gasteiger partial charge in [-0.1, -0.05) is 34.6 Å². The molecule has 0 spiro atoms. The summed E-state index contributed by atoms with van der Waals surface area (Å²) < 4.78 is 0. The molecule has 1 atom stereocenters. The van der Waals surface area contributed by atoms with Crippen molar-refractivity contribution >= 4 is 12.0 Å². The number of hydrogen-bond donors (Lipinski definition) is 3. The molecule has 0 fully saturated rings. The van der Waals surface area contributed by atoms with Crippen LogP contribution in [0, 0.1) is 5.41 Å². The molecule has 0 saturated carbocycles. The number of nitrogens with one attached hydrogen (secondary N) is 2. The highest BCUT2D eigenvalue weighted by Gasteiger charge is 2.28. The average Bonchev–Trinajstić information content (AvgIpc) is 2.23. The average molecular weight is 258 g/mol. The standard InChI is InChI=1S/C13H26N2O3/c1-6-9(7-2)14-12(18)15-10(8-11(16)17)13(3,4)5/h9-10H,6-8H2,1-5H3,(H,16,17)(H2,14,15,18). The van der Waals surface area contributed by atoms with Crippen LogP contribution in [0.25, 0.3) is 0 Å². The fourth-order valence-electron chi connectivity index (χ4n) is 1.63. The number of carboxylic acids is 1. The summed E-state index contributed by atoms with van der Waals surface area (Å²) in [6.45, 7) is 9.76. The van der Waals surface area contributed by atoms with Gasteiger partial charge >= 0.3 is 12.0 Å². The minimum Gasteiger partial charge on any atom is -0.481 e. The molecule has 0 radical (unpaired) electrons. The van der Waals surface area contributed by atoms with Crippen molar-refractivity contribution < 1.29 is 14.7 Å². The van der Waals surface area contributed by atoms with Crippen molar-refractivity contribution in [2.45, 2.75) is 66.0 Å². The van der Waals surface area contributed by atoms with Gasteiger partial charge in [0.1, 0.15) is 0 Å². The van der Waals surface area contributed by atoms with E-state index < -0.39 is 5.97 Å². The Morgan fingerprint density at radius 1 is 1.11 bits per heavy atom. The molecule has 0 aromatic carbocycles. The van der Waals surface area contributed by atoms with Gasteiger partial charge in [-0.2, -0.15) is 0 Å². The van der Waals surface area contributed by atoms with Gasteiger partial charge in [0.25, 0.3) is 0 Å². The minimum atomic E-state index is -0.905. The third-order valence-electron chi connectivity index (χ3n) is 3.05. The minimum absolute atomic E-state index is 0.0696. The van der Waals surface area contributed by atoms with Gasteiger partial charge in [0.05, 0.1) is 6.42 Å². The Labute approximate surface area is 109 Å². The molecule has 3 N–H and O–H groups in total. The fourth-order valence-corrected chi connectivity index (χ4v) is 1.63. The highest BCUT2D eigenvalue weighted by molar-refractivity contribution is 5.76. The molecule has 1 unspecified atom stereocenters. The van der Waals surface area contributed by atoms with E-state index in [4.69, 9.17) is 5.11 Å². The van der Waals surface area contributed by atoms with Crippen molar-refractivity contribution in [2.75, 3.05) is 0 Å². The Balaban J connectivity index is 4.49. The molecule has 106 valence electrons. The second-order valence-electron chi connectivity index (χ2n) is 5.65. The van der Waals surface area contributed by atoms with Crippen molar-refractivity contribution in [3.05, 3.63) is 0 Å². The molecule has 2 amide bonds. The molecule has 0 aromatic heterocycles. The SMILES string of the molecule is CCC(CC)NC(=O)NC(CC(=O)O)C(C)(C)C. The third-order valence-corrected chi connectivity index (χ3v) is 3.05. The number of carbonyl (C=O) groups excluding carboxylic acids is 1. The van der Waals surface area contributed by atoms with Gasteiger partial charge in [-0.25, -0.2) is 4.79 Å². The van der Waals surface area contributed by atoms with Gasteiger partial charge in [-0.05, 0) is 18.3 Å². The second kappa shape index (κ2) is 7.24. The first-order chi connectivity index (χ1) is 8.20. The van der Waals surface area contributed by atoms with Crippen molar-refractivity contribution in [1.82, 2.24) is 10.6 Å². The second-order valence-corrected chi connectivity index (χ2v) is 5.65. The zero-order valence-electron chi connectivity index (χ0n) is 12.0. The van der Waals surface area contributed by atoms with Gasteiger partial charge < -0.3 is 15.7 Å². The Bertz CT molecular complexity index is 280. The fraction of sp³-hybridized carbons (Fsp3) is 0.846. The molecular formula is C13H26N2O3. The Morgan fingerprint density at radius 2 is 1.61 bits per heavy atom. The van der Waals surface area contributed by atoms with Crippen LogP contribution in [-0.2, 0) is 4.79 Å². The quantitative estimate of drug-likeness (QED) is 0.684. The van der Waals surface area contributed by atoms with E-state index in [9.17, 15) is 9.59 Å². The summed E-state index contributed by atoms with van der Waals surface area (Å²) in [5, 5.41) is 14.5. The van der Waals surface area contributed by atoms with Crippen LogP contribution < -0.4 is 10.6 Å². The molecule has 0 rings (SSSR count). The number of hydrogen-bond acceptors (Lipinski definition) is 2. The first-order valence-corrected chi connectivity index (χ1v) is 6.49. The number of aliphatic carboxylic acids is 1. The van der Waals surface area contributed by atoms with E-state index in [-0.39, 0.29) is 30.0 Å². The van der Waals surface area contributed by atoms with Crippen LogP contribution in [0.4, 0.5) is 4.79 Å². The zero-order valence-corrected chi connectivity index (χ0v) is 12.0. The van der Waals surface area contributed by atoms with Crippen LogP contribution in [0.5, 0.6) is 0 Å². The van der Waals surface area contributed by atoms with E-state index >= 15 is 0 Å². The summed E-state index contributed by atoms with van der Waals surface area (Å²) in [7, 11) is 0. The van der Waals surface area contributed by atoms with Gasteiger partial charge in [-0.15, -0.1) is 0 Å². The number of urea groups is 1. The molecule has 0 aliphatic heterocycles. The lowest BCUT2D eigenvalue weighted by molar-refractivity contribution is -0.138. The van der Waals surface area contributed by atoms with E-state index in [0.29, 0.717) is 0 Å². The molecule has 0 aliphatic rings. The van der Waals surface area contributed by atoms with E-state index in [0.717, 1.165) is 12.8 Å². The third kappa shape index (κ3) is 6.47. The van der Waals surface area contributed by atoms with E-state index in [1.54, 1.807) is 0 Å². The predicted molar refractivity (Wildman–Crippen MR) is 71.5 cm³/mol. The largest absolute Gasteiger partial charge is 0.481 e. The summed E-state index contributed by atoms with van der Waals surface area (Å²) in [6, 6.07) is -0.537. The van der Waals surface area contributed by atoms with E-state index in [1.165, 1.54) is 0 Å². The van der Waals surface area contributed by atoms with Crippen molar-refractivity contribution in [2.24, 2.45) is 5.41 Å². The summed E-state index contributed by atoms with van der Waals surface area (Å²) in [5.41, 5.74) is -0.288. The van der Waals surface area contributed by atoms with Gasteiger partial charge in [0.15, 0.2) is 0 Å². The predicted octanol–water partition coefficient (Wildman–Crippen LogP) is 2.36. The normalized spacial score (nSPS) is 13.2. The van der Waals surface area contributed by atoms with Crippen LogP contribution in [0.3, 0.4) is 0 Å². The van der Waals surface area contributed by atoms with Crippen molar-refractivity contribution in [3.63, 3.8) is 0 Å². The Hall–Kier alpha value is -1.26. The lowest BCUT2D eigenvalue weighted by atomic mass is 9.85. The van der Waals surface area contributed by atoms with Crippen molar-refractivity contribution in [1.29, 1.82) is 0 Å². The van der Waals surface area contributed by atoms with Gasteiger partial charge in [-0.3, -0.25) is 4.79 Å². The van der Waals surface area contributed by atoms with Crippen molar-refractivity contribution in [3.8, 4) is 0 Å². The highest BCUT2D eigenvalue weighted by atomic mass is 16.4. The van der Waals surface area contributed by atoms with Crippen LogP contribution in [-0.4, -0.2) is 29.2 Å². The number of amides is 2. The zero-order chi connectivity index (χ0) is 14.3. The molecule has 18 heavy (non-hydrogen) atoms. The molecular weight excluding hydrogens is 232 g/mol. The lowest BCUT2D eigenvalue weighted by Crippen LogP contribution is -2.51. The van der Waals surface area contributed by atoms with Crippen LogP contribution >= 0.6 is 0 Å². The molecule has 0 heterocycles. The van der Waals surface area contributed by atoms with Crippen LogP contribution in [0.15, 0.2) is 0 Å². The summed E-state index contributed by atoms with van der Waals surface area (Å²) >= 11 is 0. The molecule has 0 aromatic rings. The topological polar surface area (TPSA) is 78.4 Å². The first-order valence-electron chi connectivity index (χ1n) is 6.49. The molecule has 5 nitrogen and oxygen atoms in total. The van der Waals surface area contributed by atoms with Crippen LogP contribution in [0.2, 0.25) is 0 Å². The monoisotopic (exact) mass is 258 g/mol. The maximum Gasteiger partial charge on any atom is 0.315 e. The molecule has 5 heteroatoms. The smallest absolute Gasteiger partial charge is 0.315 e. The maximum atomic E-state index is 11.8. The van der Waals surface area contributed by atoms with E-state index in [1.807, 2.05) is 34.6 Å². The molecule has 0 bridgehead atoms.